The van der Waals surface area contributed by atoms with Crippen LogP contribution in [0.3, 0.4) is 0 Å². The molecule has 62 valence electrons. The van der Waals surface area contributed by atoms with Crippen molar-refractivity contribution in [3.8, 4) is 0 Å². The molecule has 1 aliphatic rings. The average Bonchev–Trinajstić information content (AvgIpc) is 2.61. The molecular formula is C7H11NO3. The minimum Gasteiger partial charge on any atom is -0.480 e. The van der Waals surface area contributed by atoms with E-state index in [4.69, 9.17) is 5.11 Å². The summed E-state index contributed by atoms with van der Waals surface area (Å²) in [6.07, 6.45) is 0.894. The fraction of sp³-hybridized carbons (Fsp3) is 0.714. The molecule has 0 radical (unpaired) electrons. The van der Waals surface area contributed by atoms with E-state index in [1.165, 1.54) is 0 Å². The van der Waals surface area contributed by atoms with Crippen molar-refractivity contribution in [2.24, 2.45) is 11.8 Å². The third kappa shape index (κ3) is 2.22. The van der Waals surface area contributed by atoms with Crippen molar-refractivity contribution < 1.29 is 14.7 Å². The lowest BCUT2D eigenvalue weighted by molar-refractivity contribution is -0.138. The van der Waals surface area contributed by atoms with Crippen LogP contribution in [0.25, 0.3) is 0 Å². The standard InChI is InChI=1S/C7H11NO3/c1-4-2-5(4)7(11)8-3-6(9)10/h4-5H,2-3H2,1H3,(H,8,11)(H,9,10)/t4-,5-/m1/s1. The monoisotopic (exact) mass is 157 g/mol. The van der Waals surface area contributed by atoms with Crippen molar-refractivity contribution in [1.82, 2.24) is 5.32 Å². The first-order valence-corrected chi connectivity index (χ1v) is 3.60. The molecule has 1 fully saturated rings. The first-order valence-electron chi connectivity index (χ1n) is 3.60. The summed E-state index contributed by atoms with van der Waals surface area (Å²) in [6, 6.07) is 0. The van der Waals surface area contributed by atoms with Gasteiger partial charge in [0.05, 0.1) is 0 Å². The van der Waals surface area contributed by atoms with Crippen LogP contribution in [0.2, 0.25) is 0 Å². The lowest BCUT2D eigenvalue weighted by atomic mass is 10.3. The summed E-state index contributed by atoms with van der Waals surface area (Å²) < 4.78 is 0. The van der Waals surface area contributed by atoms with Crippen LogP contribution in [-0.2, 0) is 9.59 Å². The molecular weight excluding hydrogens is 146 g/mol. The highest BCUT2D eigenvalue weighted by atomic mass is 16.4. The van der Waals surface area contributed by atoms with Crippen LogP contribution in [0.4, 0.5) is 0 Å². The minimum atomic E-state index is -0.994. The van der Waals surface area contributed by atoms with Crippen LogP contribution >= 0.6 is 0 Å². The summed E-state index contributed by atoms with van der Waals surface area (Å²) in [5.41, 5.74) is 0. The maximum Gasteiger partial charge on any atom is 0.322 e. The van der Waals surface area contributed by atoms with Crippen LogP contribution in [-0.4, -0.2) is 23.5 Å². The zero-order chi connectivity index (χ0) is 8.43. The van der Waals surface area contributed by atoms with E-state index in [1.807, 2.05) is 6.92 Å². The Bertz CT molecular complexity index is 190. The summed E-state index contributed by atoms with van der Waals surface area (Å²) in [7, 11) is 0. The Balaban J connectivity index is 2.17. The normalized spacial score (nSPS) is 27.7. The van der Waals surface area contributed by atoms with Gasteiger partial charge in [0, 0.05) is 5.92 Å². The number of rotatable bonds is 3. The molecule has 1 aliphatic carbocycles. The van der Waals surface area contributed by atoms with Gasteiger partial charge in [0.1, 0.15) is 6.54 Å². The number of carbonyl (C=O) groups excluding carboxylic acids is 1. The minimum absolute atomic E-state index is 0.0642. The van der Waals surface area contributed by atoms with E-state index in [-0.39, 0.29) is 18.4 Å². The van der Waals surface area contributed by atoms with E-state index >= 15 is 0 Å². The molecule has 0 spiro atoms. The molecule has 1 rings (SSSR count). The maximum atomic E-state index is 10.9. The topological polar surface area (TPSA) is 66.4 Å². The van der Waals surface area contributed by atoms with Gasteiger partial charge in [-0.3, -0.25) is 9.59 Å². The highest BCUT2D eigenvalue weighted by Crippen LogP contribution is 2.37. The third-order valence-electron chi connectivity index (χ3n) is 1.86. The van der Waals surface area contributed by atoms with Gasteiger partial charge in [0.25, 0.3) is 0 Å². The van der Waals surface area contributed by atoms with Crippen molar-refractivity contribution in [2.45, 2.75) is 13.3 Å². The predicted octanol–water partition coefficient (Wildman–Crippen LogP) is -0.157. The van der Waals surface area contributed by atoms with E-state index in [0.717, 1.165) is 6.42 Å². The second-order valence-electron chi connectivity index (χ2n) is 2.93. The molecule has 0 aromatic heterocycles. The smallest absolute Gasteiger partial charge is 0.322 e. The van der Waals surface area contributed by atoms with Gasteiger partial charge in [-0.05, 0) is 12.3 Å². The molecule has 0 aliphatic heterocycles. The lowest BCUT2D eigenvalue weighted by Crippen LogP contribution is -2.30. The zero-order valence-electron chi connectivity index (χ0n) is 6.33. The second-order valence-corrected chi connectivity index (χ2v) is 2.93. The number of carbonyl (C=O) groups is 2. The summed E-state index contributed by atoms with van der Waals surface area (Å²) in [6.45, 7) is 1.72. The Hall–Kier alpha value is -1.06. The van der Waals surface area contributed by atoms with E-state index in [2.05, 4.69) is 5.32 Å². The zero-order valence-corrected chi connectivity index (χ0v) is 6.33. The van der Waals surface area contributed by atoms with Gasteiger partial charge in [0.15, 0.2) is 0 Å². The molecule has 0 saturated heterocycles. The fourth-order valence-electron chi connectivity index (χ4n) is 0.981. The Morgan fingerprint density at radius 2 is 2.18 bits per heavy atom. The Morgan fingerprint density at radius 1 is 1.64 bits per heavy atom. The molecule has 1 saturated carbocycles. The third-order valence-corrected chi connectivity index (χ3v) is 1.86. The van der Waals surface area contributed by atoms with Crippen LogP contribution < -0.4 is 5.32 Å². The number of nitrogens with one attached hydrogen (secondary N) is 1. The molecule has 4 nitrogen and oxygen atoms in total. The van der Waals surface area contributed by atoms with Gasteiger partial charge in [-0.25, -0.2) is 0 Å². The number of amides is 1. The Kier molecular flexibility index (Phi) is 2.12. The van der Waals surface area contributed by atoms with Gasteiger partial charge < -0.3 is 10.4 Å². The molecule has 0 bridgehead atoms. The molecule has 0 unspecified atom stereocenters. The summed E-state index contributed by atoms with van der Waals surface area (Å²) in [4.78, 5) is 21.0. The largest absolute Gasteiger partial charge is 0.480 e. The van der Waals surface area contributed by atoms with Gasteiger partial charge in [0.2, 0.25) is 5.91 Å². The van der Waals surface area contributed by atoms with Gasteiger partial charge in [-0.2, -0.15) is 0 Å². The van der Waals surface area contributed by atoms with Crippen molar-refractivity contribution in [1.29, 1.82) is 0 Å². The molecule has 0 heterocycles. The second kappa shape index (κ2) is 2.90. The number of hydrogen-bond acceptors (Lipinski definition) is 2. The maximum absolute atomic E-state index is 10.9. The van der Waals surface area contributed by atoms with E-state index in [1.54, 1.807) is 0 Å². The number of carboxylic acid groups (broad SMARTS) is 1. The van der Waals surface area contributed by atoms with Gasteiger partial charge in [-0.1, -0.05) is 6.92 Å². The van der Waals surface area contributed by atoms with E-state index < -0.39 is 5.97 Å². The van der Waals surface area contributed by atoms with Gasteiger partial charge >= 0.3 is 5.97 Å². The molecule has 11 heavy (non-hydrogen) atoms. The highest BCUT2D eigenvalue weighted by Gasteiger charge is 2.38. The summed E-state index contributed by atoms with van der Waals surface area (Å²) in [5, 5.41) is 10.6. The SMILES string of the molecule is C[C@@H]1C[C@H]1C(=O)NCC(=O)O. The van der Waals surface area contributed by atoms with Crippen molar-refractivity contribution in [3.05, 3.63) is 0 Å². The van der Waals surface area contributed by atoms with E-state index in [9.17, 15) is 9.59 Å². The predicted molar refractivity (Wildman–Crippen MR) is 37.9 cm³/mol. The number of carboxylic acids is 1. The Morgan fingerprint density at radius 3 is 2.55 bits per heavy atom. The summed E-state index contributed by atoms with van der Waals surface area (Å²) in [5.74, 6) is -0.621. The molecule has 0 aromatic rings. The lowest BCUT2D eigenvalue weighted by Gasteiger charge is -1.98. The Labute approximate surface area is 64.6 Å². The summed E-state index contributed by atoms with van der Waals surface area (Å²) >= 11 is 0. The van der Waals surface area contributed by atoms with E-state index in [0.29, 0.717) is 5.92 Å². The number of hydrogen-bond donors (Lipinski definition) is 2. The van der Waals surface area contributed by atoms with Crippen LogP contribution in [0.15, 0.2) is 0 Å². The van der Waals surface area contributed by atoms with Crippen LogP contribution in [0.1, 0.15) is 13.3 Å². The van der Waals surface area contributed by atoms with Crippen LogP contribution in [0.5, 0.6) is 0 Å². The van der Waals surface area contributed by atoms with Crippen molar-refractivity contribution in [3.63, 3.8) is 0 Å². The fourth-order valence-corrected chi connectivity index (χ4v) is 0.981. The number of aliphatic carboxylic acids is 1. The quantitative estimate of drug-likeness (QED) is 0.598. The molecule has 1 amide bonds. The van der Waals surface area contributed by atoms with Crippen molar-refractivity contribution in [2.75, 3.05) is 6.54 Å². The first kappa shape index (κ1) is 8.04. The van der Waals surface area contributed by atoms with Gasteiger partial charge in [-0.15, -0.1) is 0 Å². The van der Waals surface area contributed by atoms with Crippen LogP contribution in [0, 0.1) is 11.8 Å². The molecule has 0 aromatic carbocycles. The highest BCUT2D eigenvalue weighted by molar-refractivity contribution is 5.84. The first-order chi connectivity index (χ1) is 5.11. The molecule has 2 N–H and O–H groups in total. The molecule has 2 atom stereocenters. The van der Waals surface area contributed by atoms with Crippen molar-refractivity contribution >= 4 is 11.9 Å². The molecule has 4 heteroatoms. The average molecular weight is 157 g/mol.